The number of nitrogens with zero attached hydrogens (tertiary/aromatic N) is 1. The van der Waals surface area contributed by atoms with Gasteiger partial charge in [0.2, 0.25) is 15.9 Å². The van der Waals surface area contributed by atoms with Gasteiger partial charge in [0.25, 0.3) is 0 Å². The predicted molar refractivity (Wildman–Crippen MR) is 125 cm³/mol. The maximum absolute atomic E-state index is 13.4. The summed E-state index contributed by atoms with van der Waals surface area (Å²) >= 11 is 0. The van der Waals surface area contributed by atoms with Crippen LogP contribution < -0.4 is 10.1 Å². The minimum Gasteiger partial charge on any atom is -0.496 e. The first-order valence-corrected chi connectivity index (χ1v) is 11.9. The lowest BCUT2D eigenvalue weighted by Crippen LogP contribution is -2.41. The second kappa shape index (κ2) is 11.1. The zero-order valence-corrected chi connectivity index (χ0v) is 19.4. The van der Waals surface area contributed by atoms with E-state index in [4.69, 9.17) is 4.74 Å². The lowest BCUT2D eigenvalue weighted by atomic mass is 10.1. The van der Waals surface area contributed by atoms with Crippen molar-refractivity contribution in [3.05, 3.63) is 95.3 Å². The van der Waals surface area contributed by atoms with Crippen LogP contribution in [0.25, 0.3) is 0 Å². The van der Waals surface area contributed by atoms with Gasteiger partial charge in [-0.1, -0.05) is 42.5 Å². The molecule has 3 aromatic rings. The molecule has 0 radical (unpaired) electrons. The highest BCUT2D eigenvalue weighted by atomic mass is 32.2. The average Bonchev–Trinajstić information content (AvgIpc) is 2.81. The van der Waals surface area contributed by atoms with Crippen LogP contribution in [0.4, 0.5) is 4.39 Å². The fourth-order valence-corrected chi connectivity index (χ4v) is 4.84. The summed E-state index contributed by atoms with van der Waals surface area (Å²) in [6.45, 7) is 1.75. The number of nitrogens with one attached hydrogen (secondary N) is 1. The molecule has 1 N–H and O–H groups in total. The highest BCUT2D eigenvalue weighted by Crippen LogP contribution is 2.24. The van der Waals surface area contributed by atoms with E-state index in [0.29, 0.717) is 23.3 Å². The summed E-state index contributed by atoms with van der Waals surface area (Å²) in [7, 11) is -2.41. The second-order valence-electron chi connectivity index (χ2n) is 7.61. The molecule has 33 heavy (non-hydrogen) atoms. The number of aryl methyl sites for hydroxylation is 1. The SMILES string of the molecule is COc1ccc(S(=O)(=O)N(CCc2ccccc2)CC(=O)NCc2ccc(F)cc2)cc1C. The van der Waals surface area contributed by atoms with E-state index in [1.165, 1.54) is 29.6 Å². The minimum absolute atomic E-state index is 0.0974. The van der Waals surface area contributed by atoms with Gasteiger partial charge in [-0.3, -0.25) is 4.79 Å². The zero-order valence-electron chi connectivity index (χ0n) is 18.6. The van der Waals surface area contributed by atoms with Gasteiger partial charge in [-0.05, 0) is 60.4 Å². The van der Waals surface area contributed by atoms with E-state index in [2.05, 4.69) is 5.32 Å². The summed E-state index contributed by atoms with van der Waals surface area (Å²) in [5.74, 6) is -0.221. The Morgan fingerprint density at radius 1 is 1.00 bits per heavy atom. The maximum Gasteiger partial charge on any atom is 0.243 e. The van der Waals surface area contributed by atoms with Crippen LogP contribution in [0, 0.1) is 12.7 Å². The molecule has 0 aromatic heterocycles. The molecule has 0 aliphatic heterocycles. The predicted octanol–water partition coefficient (Wildman–Crippen LogP) is 3.69. The Balaban J connectivity index is 1.77. The van der Waals surface area contributed by atoms with E-state index in [1.54, 1.807) is 31.2 Å². The first kappa shape index (κ1) is 24.4. The Labute approximate surface area is 194 Å². The molecule has 0 heterocycles. The molecule has 0 aliphatic rings. The first-order valence-electron chi connectivity index (χ1n) is 10.5. The third-order valence-electron chi connectivity index (χ3n) is 5.22. The Morgan fingerprint density at radius 2 is 1.70 bits per heavy atom. The maximum atomic E-state index is 13.4. The van der Waals surface area contributed by atoms with E-state index in [0.717, 1.165) is 5.56 Å². The van der Waals surface area contributed by atoms with Gasteiger partial charge in [-0.15, -0.1) is 0 Å². The zero-order chi connectivity index (χ0) is 23.8. The molecule has 0 spiro atoms. The Bertz CT molecular complexity index is 1180. The molecule has 0 unspecified atom stereocenters. The summed E-state index contributed by atoms with van der Waals surface area (Å²) in [5, 5.41) is 2.71. The minimum atomic E-state index is -3.93. The van der Waals surface area contributed by atoms with Crippen LogP contribution in [0.5, 0.6) is 5.75 Å². The van der Waals surface area contributed by atoms with Crippen molar-refractivity contribution in [1.29, 1.82) is 0 Å². The van der Waals surface area contributed by atoms with Crippen LogP contribution in [-0.4, -0.2) is 38.8 Å². The summed E-state index contributed by atoms with van der Waals surface area (Å²) in [4.78, 5) is 12.7. The number of benzene rings is 3. The lowest BCUT2D eigenvalue weighted by molar-refractivity contribution is -0.121. The van der Waals surface area contributed by atoms with Gasteiger partial charge in [0.1, 0.15) is 11.6 Å². The van der Waals surface area contributed by atoms with E-state index in [-0.39, 0.29) is 30.3 Å². The highest BCUT2D eigenvalue weighted by Gasteiger charge is 2.27. The standard InChI is InChI=1S/C25H27FN2O4S/c1-19-16-23(12-13-24(19)32-2)33(30,31)28(15-14-20-6-4-3-5-7-20)18-25(29)27-17-21-8-10-22(26)11-9-21/h3-13,16H,14-15,17-18H2,1-2H3,(H,27,29). The third-order valence-corrected chi connectivity index (χ3v) is 7.06. The van der Waals surface area contributed by atoms with Crippen LogP contribution >= 0.6 is 0 Å². The smallest absolute Gasteiger partial charge is 0.243 e. The Kier molecular flexibility index (Phi) is 8.19. The van der Waals surface area contributed by atoms with Gasteiger partial charge in [0.15, 0.2) is 0 Å². The van der Waals surface area contributed by atoms with E-state index >= 15 is 0 Å². The van der Waals surface area contributed by atoms with Gasteiger partial charge in [-0.2, -0.15) is 4.31 Å². The number of ether oxygens (including phenoxy) is 1. The highest BCUT2D eigenvalue weighted by molar-refractivity contribution is 7.89. The second-order valence-corrected chi connectivity index (χ2v) is 9.55. The van der Waals surface area contributed by atoms with E-state index < -0.39 is 15.9 Å². The summed E-state index contributed by atoms with van der Waals surface area (Å²) in [6, 6.07) is 19.9. The summed E-state index contributed by atoms with van der Waals surface area (Å²) < 4.78 is 46.3. The van der Waals surface area contributed by atoms with Gasteiger partial charge in [0.05, 0.1) is 18.6 Å². The molecule has 0 bridgehead atoms. The van der Waals surface area contributed by atoms with Crippen molar-refractivity contribution < 1.29 is 22.3 Å². The molecular formula is C25H27FN2O4S. The van der Waals surface area contributed by atoms with Crippen molar-refractivity contribution in [3.63, 3.8) is 0 Å². The van der Waals surface area contributed by atoms with Crippen LogP contribution in [0.3, 0.4) is 0 Å². The molecule has 0 saturated carbocycles. The van der Waals surface area contributed by atoms with Crippen molar-refractivity contribution in [2.24, 2.45) is 0 Å². The molecule has 3 rings (SSSR count). The summed E-state index contributed by atoms with van der Waals surface area (Å²) in [5.41, 5.74) is 2.37. The topological polar surface area (TPSA) is 75.7 Å². The molecule has 174 valence electrons. The van der Waals surface area contributed by atoms with Gasteiger partial charge < -0.3 is 10.1 Å². The fourth-order valence-electron chi connectivity index (χ4n) is 3.36. The van der Waals surface area contributed by atoms with Crippen molar-refractivity contribution >= 4 is 15.9 Å². The molecule has 0 saturated heterocycles. The lowest BCUT2D eigenvalue weighted by Gasteiger charge is -2.22. The molecule has 3 aromatic carbocycles. The number of rotatable bonds is 10. The van der Waals surface area contributed by atoms with Gasteiger partial charge >= 0.3 is 0 Å². The largest absolute Gasteiger partial charge is 0.496 e. The summed E-state index contributed by atoms with van der Waals surface area (Å²) in [6.07, 6.45) is 0.459. The van der Waals surface area contributed by atoms with Crippen molar-refractivity contribution in [2.75, 3.05) is 20.2 Å². The van der Waals surface area contributed by atoms with Crippen LogP contribution in [-0.2, 0) is 27.8 Å². The quantitative estimate of drug-likeness (QED) is 0.490. The first-order chi connectivity index (χ1) is 15.8. The third kappa shape index (κ3) is 6.63. The van der Waals surface area contributed by atoms with Crippen molar-refractivity contribution in [2.45, 2.75) is 24.8 Å². The van der Waals surface area contributed by atoms with Crippen LogP contribution in [0.1, 0.15) is 16.7 Å². The average molecular weight is 471 g/mol. The van der Waals surface area contributed by atoms with Crippen molar-refractivity contribution in [3.8, 4) is 5.75 Å². The van der Waals surface area contributed by atoms with Crippen molar-refractivity contribution in [1.82, 2.24) is 9.62 Å². The molecule has 0 atom stereocenters. The fraction of sp³-hybridized carbons (Fsp3) is 0.240. The molecule has 0 aliphatic carbocycles. The molecule has 0 fully saturated rings. The number of methoxy groups -OCH3 is 1. The van der Waals surface area contributed by atoms with E-state index in [9.17, 15) is 17.6 Å². The van der Waals surface area contributed by atoms with Gasteiger partial charge in [0, 0.05) is 13.1 Å². The number of halogens is 1. The number of carbonyl (C=O) groups excluding carboxylic acids is 1. The van der Waals surface area contributed by atoms with E-state index in [1.807, 2.05) is 30.3 Å². The van der Waals surface area contributed by atoms with Crippen LogP contribution in [0.2, 0.25) is 0 Å². The number of sulfonamides is 1. The van der Waals surface area contributed by atoms with Gasteiger partial charge in [-0.25, -0.2) is 12.8 Å². The molecule has 1 amide bonds. The Morgan fingerprint density at radius 3 is 2.33 bits per heavy atom. The monoisotopic (exact) mass is 470 g/mol. The van der Waals surface area contributed by atoms with Crippen LogP contribution in [0.15, 0.2) is 77.7 Å². The Hall–Kier alpha value is -3.23. The number of hydrogen-bond donors (Lipinski definition) is 1. The number of carbonyl (C=O) groups is 1. The number of hydrogen-bond acceptors (Lipinski definition) is 4. The molecular weight excluding hydrogens is 443 g/mol. The normalized spacial score (nSPS) is 11.4. The molecule has 8 heteroatoms. The number of amides is 1. The molecule has 6 nitrogen and oxygen atoms in total.